The largest absolute Gasteiger partial charge is 0.478 e. The molecule has 2 N–H and O–H groups in total. The molecule has 1 atom stereocenters. The van der Waals surface area contributed by atoms with Gasteiger partial charge in [-0.25, -0.2) is 14.0 Å². The first kappa shape index (κ1) is 13.3. The van der Waals surface area contributed by atoms with Crippen LogP contribution in [-0.2, 0) is 0 Å². The van der Waals surface area contributed by atoms with Crippen LogP contribution >= 0.6 is 0 Å². The van der Waals surface area contributed by atoms with Crippen molar-refractivity contribution < 1.29 is 19.1 Å². The Morgan fingerprint density at radius 2 is 2.21 bits per heavy atom. The summed E-state index contributed by atoms with van der Waals surface area (Å²) in [6.07, 6.45) is 1.84. The fourth-order valence-electron chi connectivity index (χ4n) is 2.23. The molecule has 1 aliphatic heterocycles. The third-order valence-electron chi connectivity index (χ3n) is 3.27. The van der Waals surface area contributed by atoms with Crippen LogP contribution in [0, 0.1) is 5.82 Å². The van der Waals surface area contributed by atoms with Gasteiger partial charge in [0.2, 0.25) is 0 Å². The SMILES string of the molecule is CC1CCCN1C(=O)Nc1cc(F)ccc1C(=O)O. The zero-order valence-corrected chi connectivity index (χ0v) is 10.5. The number of amides is 2. The van der Waals surface area contributed by atoms with Crippen LogP contribution in [-0.4, -0.2) is 34.6 Å². The van der Waals surface area contributed by atoms with E-state index in [1.54, 1.807) is 4.90 Å². The topological polar surface area (TPSA) is 69.6 Å². The minimum absolute atomic E-state index is 0.0170. The van der Waals surface area contributed by atoms with Crippen LogP contribution in [0.5, 0.6) is 0 Å². The van der Waals surface area contributed by atoms with Gasteiger partial charge in [0, 0.05) is 12.6 Å². The number of halogens is 1. The third-order valence-corrected chi connectivity index (χ3v) is 3.27. The standard InChI is InChI=1S/C13H15FN2O3/c1-8-3-2-6-16(8)13(19)15-11-7-9(14)4-5-10(11)12(17)18/h4-5,7-8H,2-3,6H2,1H3,(H,15,19)(H,17,18). The number of benzene rings is 1. The molecule has 1 heterocycles. The van der Waals surface area contributed by atoms with Crippen molar-refractivity contribution in [1.29, 1.82) is 0 Å². The highest BCUT2D eigenvalue weighted by atomic mass is 19.1. The van der Waals surface area contributed by atoms with E-state index >= 15 is 0 Å². The average Bonchev–Trinajstić information content (AvgIpc) is 2.75. The summed E-state index contributed by atoms with van der Waals surface area (Å²) in [4.78, 5) is 24.6. The summed E-state index contributed by atoms with van der Waals surface area (Å²) in [7, 11) is 0. The number of carboxylic acid groups (broad SMARTS) is 1. The molecule has 0 saturated carbocycles. The molecule has 1 fully saturated rings. The van der Waals surface area contributed by atoms with Gasteiger partial charge in [-0.1, -0.05) is 0 Å². The molecule has 1 unspecified atom stereocenters. The molecule has 0 radical (unpaired) electrons. The first-order valence-corrected chi connectivity index (χ1v) is 6.09. The van der Waals surface area contributed by atoms with E-state index in [0.717, 1.165) is 31.0 Å². The first-order chi connectivity index (χ1) is 8.99. The maximum Gasteiger partial charge on any atom is 0.337 e. The Hall–Kier alpha value is -2.11. The van der Waals surface area contributed by atoms with Crippen molar-refractivity contribution in [1.82, 2.24) is 4.90 Å². The van der Waals surface area contributed by atoms with Crippen LogP contribution in [0.15, 0.2) is 18.2 Å². The lowest BCUT2D eigenvalue weighted by molar-refractivity contribution is 0.0698. The number of rotatable bonds is 2. The van der Waals surface area contributed by atoms with E-state index in [1.165, 1.54) is 0 Å². The van der Waals surface area contributed by atoms with Crippen molar-refractivity contribution in [2.45, 2.75) is 25.8 Å². The fourth-order valence-corrected chi connectivity index (χ4v) is 2.23. The highest BCUT2D eigenvalue weighted by Crippen LogP contribution is 2.21. The Morgan fingerprint density at radius 1 is 1.47 bits per heavy atom. The minimum Gasteiger partial charge on any atom is -0.478 e. The van der Waals surface area contributed by atoms with Gasteiger partial charge in [-0.05, 0) is 38.0 Å². The van der Waals surface area contributed by atoms with Crippen molar-refractivity contribution in [3.05, 3.63) is 29.6 Å². The zero-order chi connectivity index (χ0) is 14.0. The van der Waals surface area contributed by atoms with E-state index in [4.69, 9.17) is 5.11 Å². The monoisotopic (exact) mass is 266 g/mol. The number of nitrogens with zero attached hydrogens (tertiary/aromatic N) is 1. The predicted octanol–water partition coefficient (Wildman–Crippen LogP) is 2.54. The van der Waals surface area contributed by atoms with Gasteiger partial charge in [-0.3, -0.25) is 0 Å². The maximum absolute atomic E-state index is 13.2. The van der Waals surface area contributed by atoms with Crippen LogP contribution in [0.4, 0.5) is 14.9 Å². The molecule has 5 nitrogen and oxygen atoms in total. The summed E-state index contributed by atoms with van der Waals surface area (Å²) in [5.41, 5.74) is -0.141. The number of urea groups is 1. The summed E-state index contributed by atoms with van der Waals surface area (Å²) in [6.45, 7) is 2.56. The number of carbonyl (C=O) groups excluding carboxylic acids is 1. The van der Waals surface area contributed by atoms with E-state index < -0.39 is 17.8 Å². The second kappa shape index (κ2) is 5.26. The zero-order valence-electron chi connectivity index (χ0n) is 10.5. The Labute approximate surface area is 110 Å². The molecule has 2 amide bonds. The van der Waals surface area contributed by atoms with Gasteiger partial charge in [-0.2, -0.15) is 0 Å². The molecule has 19 heavy (non-hydrogen) atoms. The molecule has 1 aromatic carbocycles. The van der Waals surface area contributed by atoms with Gasteiger partial charge in [0.1, 0.15) is 5.82 Å². The molecule has 0 aliphatic carbocycles. The lowest BCUT2D eigenvalue weighted by Gasteiger charge is -2.22. The molecule has 0 spiro atoms. The van der Waals surface area contributed by atoms with Crippen LogP contribution in [0.25, 0.3) is 0 Å². The van der Waals surface area contributed by atoms with Crippen molar-refractivity contribution >= 4 is 17.7 Å². The summed E-state index contributed by atoms with van der Waals surface area (Å²) < 4.78 is 13.2. The fraction of sp³-hybridized carbons (Fsp3) is 0.385. The van der Waals surface area contributed by atoms with Gasteiger partial charge in [-0.15, -0.1) is 0 Å². The third kappa shape index (κ3) is 2.83. The molecule has 102 valence electrons. The van der Waals surface area contributed by atoms with Crippen molar-refractivity contribution in [3.63, 3.8) is 0 Å². The van der Waals surface area contributed by atoms with Crippen LogP contribution in [0.1, 0.15) is 30.1 Å². The lowest BCUT2D eigenvalue weighted by atomic mass is 10.1. The van der Waals surface area contributed by atoms with E-state index in [2.05, 4.69) is 5.32 Å². The maximum atomic E-state index is 13.2. The van der Waals surface area contributed by atoms with Gasteiger partial charge in [0.05, 0.1) is 11.3 Å². The number of anilines is 1. The molecule has 1 aromatic rings. The predicted molar refractivity (Wildman–Crippen MR) is 67.8 cm³/mol. The smallest absolute Gasteiger partial charge is 0.337 e. The summed E-state index contributed by atoms with van der Waals surface area (Å²) in [5, 5.41) is 11.5. The molecule has 1 aliphatic rings. The molecular formula is C13H15FN2O3. The van der Waals surface area contributed by atoms with Crippen molar-refractivity contribution in [3.8, 4) is 0 Å². The van der Waals surface area contributed by atoms with Gasteiger partial charge in [0.15, 0.2) is 0 Å². The Bertz CT molecular complexity index is 519. The Balaban J connectivity index is 2.20. The van der Waals surface area contributed by atoms with Crippen molar-refractivity contribution in [2.24, 2.45) is 0 Å². The van der Waals surface area contributed by atoms with Crippen LogP contribution < -0.4 is 5.32 Å². The van der Waals surface area contributed by atoms with Gasteiger partial charge < -0.3 is 15.3 Å². The van der Waals surface area contributed by atoms with E-state index in [9.17, 15) is 14.0 Å². The van der Waals surface area contributed by atoms with Crippen LogP contribution in [0.3, 0.4) is 0 Å². The normalized spacial score (nSPS) is 18.4. The number of carbonyl (C=O) groups is 2. The second-order valence-electron chi connectivity index (χ2n) is 4.61. The number of hydrogen-bond acceptors (Lipinski definition) is 2. The molecule has 0 bridgehead atoms. The minimum atomic E-state index is -1.20. The Kier molecular flexibility index (Phi) is 3.69. The van der Waals surface area contributed by atoms with E-state index in [1.807, 2.05) is 6.92 Å². The summed E-state index contributed by atoms with van der Waals surface area (Å²) in [6, 6.07) is 2.93. The van der Waals surface area contributed by atoms with Gasteiger partial charge in [0.25, 0.3) is 0 Å². The van der Waals surface area contributed by atoms with Gasteiger partial charge >= 0.3 is 12.0 Å². The molecule has 2 rings (SSSR count). The van der Waals surface area contributed by atoms with E-state index in [0.29, 0.717) is 6.54 Å². The highest BCUT2D eigenvalue weighted by Gasteiger charge is 2.26. The number of hydrogen-bond donors (Lipinski definition) is 2. The number of aromatic carboxylic acids is 1. The van der Waals surface area contributed by atoms with Crippen molar-refractivity contribution in [2.75, 3.05) is 11.9 Å². The van der Waals surface area contributed by atoms with Crippen LogP contribution in [0.2, 0.25) is 0 Å². The highest BCUT2D eigenvalue weighted by molar-refractivity contribution is 6.00. The van der Waals surface area contributed by atoms with E-state index in [-0.39, 0.29) is 17.3 Å². The summed E-state index contributed by atoms with van der Waals surface area (Å²) >= 11 is 0. The molecule has 0 aromatic heterocycles. The lowest BCUT2D eigenvalue weighted by Crippen LogP contribution is -2.37. The number of likely N-dealkylation sites (tertiary alicyclic amines) is 1. The summed E-state index contributed by atoms with van der Waals surface area (Å²) in [5.74, 6) is -1.79. The Morgan fingerprint density at radius 3 is 2.79 bits per heavy atom. The molecular weight excluding hydrogens is 251 g/mol. The number of nitrogens with one attached hydrogen (secondary N) is 1. The number of carboxylic acids is 1. The molecule has 6 heteroatoms. The quantitative estimate of drug-likeness (QED) is 0.864. The average molecular weight is 266 g/mol. The first-order valence-electron chi connectivity index (χ1n) is 6.09. The second-order valence-corrected chi connectivity index (χ2v) is 4.61. The molecule has 1 saturated heterocycles.